The molecule has 0 aliphatic carbocycles. The smallest absolute Gasteiger partial charge is 0.338 e. The molecule has 6 nitrogen and oxygen atoms in total. The van der Waals surface area contributed by atoms with Gasteiger partial charge in [-0.2, -0.15) is 0 Å². The van der Waals surface area contributed by atoms with Crippen molar-refractivity contribution in [2.75, 3.05) is 13.2 Å². The number of carbonyl (C=O) groups excluding carboxylic acids is 2. The van der Waals surface area contributed by atoms with E-state index >= 15 is 0 Å². The van der Waals surface area contributed by atoms with Gasteiger partial charge in [0, 0.05) is 33.9 Å². The number of hydrogen-bond donors (Lipinski definition) is 1. The standard InChI is InChI=1S/C63H56N2O4/c1-5-7-15-44-68-62(66)56-40-32-50(33-41-56)26-24-48-28-36-54(37-29-48)58-22-17-23-59(60(58)61(64-46(3)52-18-11-9-12-19-52)65-47(4)53-20-13-10-14-21-53)55-38-30-49(31-39-55)25-27-51-34-42-57(43-35-51)63(67)69-45-16-8-6-2/h5-6,9-14,17-23,28-43,46-47H,1-2,7-8,15-16,44-45H2,3-4H3,(H,64,65)/t46-,47?/m0/s1. The van der Waals surface area contributed by atoms with Crippen molar-refractivity contribution < 1.29 is 19.1 Å². The van der Waals surface area contributed by atoms with E-state index in [2.05, 4.69) is 135 Å². The van der Waals surface area contributed by atoms with Gasteiger partial charge in [0.15, 0.2) is 0 Å². The van der Waals surface area contributed by atoms with Crippen molar-refractivity contribution in [3.8, 4) is 45.9 Å². The maximum atomic E-state index is 12.5. The van der Waals surface area contributed by atoms with E-state index in [1.165, 1.54) is 0 Å². The average Bonchev–Trinajstić information content (AvgIpc) is 3.40. The topological polar surface area (TPSA) is 77.0 Å². The summed E-state index contributed by atoms with van der Waals surface area (Å²) in [6.07, 6.45) is 6.73. The highest BCUT2D eigenvalue weighted by Crippen LogP contribution is 2.35. The van der Waals surface area contributed by atoms with Crippen molar-refractivity contribution in [1.82, 2.24) is 5.32 Å². The Morgan fingerprint density at radius 1 is 0.522 bits per heavy atom. The van der Waals surface area contributed by atoms with Crippen molar-refractivity contribution in [3.05, 3.63) is 251 Å². The van der Waals surface area contributed by atoms with Crippen LogP contribution < -0.4 is 5.32 Å². The Hall–Kier alpha value is -8.45. The number of unbranched alkanes of at least 4 members (excludes halogenated alkanes) is 2. The van der Waals surface area contributed by atoms with Crippen LogP contribution in [0.4, 0.5) is 0 Å². The molecule has 0 bridgehead atoms. The van der Waals surface area contributed by atoms with Crippen LogP contribution in [-0.2, 0) is 9.47 Å². The summed E-state index contributed by atoms with van der Waals surface area (Å²) in [5.41, 5.74) is 11.6. The van der Waals surface area contributed by atoms with Gasteiger partial charge in [-0.05, 0) is 146 Å². The first-order valence-electron chi connectivity index (χ1n) is 23.4. The number of allylic oxidation sites excluding steroid dienone is 2. The predicted octanol–water partition coefficient (Wildman–Crippen LogP) is 13.9. The fourth-order valence-electron chi connectivity index (χ4n) is 7.58. The van der Waals surface area contributed by atoms with Crippen molar-refractivity contribution in [1.29, 1.82) is 0 Å². The number of rotatable bonds is 17. The summed E-state index contributed by atoms with van der Waals surface area (Å²) in [4.78, 5) is 30.4. The second kappa shape index (κ2) is 24.9. The Morgan fingerprint density at radius 3 is 1.32 bits per heavy atom. The van der Waals surface area contributed by atoms with Gasteiger partial charge in [-0.25, -0.2) is 9.59 Å². The van der Waals surface area contributed by atoms with Crippen molar-refractivity contribution in [2.24, 2.45) is 4.99 Å². The number of amidine groups is 1. The van der Waals surface area contributed by atoms with Crippen molar-refractivity contribution in [3.63, 3.8) is 0 Å². The fraction of sp³-hybridized carbons (Fsp3) is 0.159. The summed E-state index contributed by atoms with van der Waals surface area (Å²) in [6, 6.07) is 57.9. The Morgan fingerprint density at radius 2 is 0.913 bits per heavy atom. The normalized spacial score (nSPS) is 11.7. The molecule has 0 radical (unpaired) electrons. The largest absolute Gasteiger partial charge is 0.462 e. The fourth-order valence-corrected chi connectivity index (χ4v) is 7.58. The van der Waals surface area contributed by atoms with Gasteiger partial charge in [0.1, 0.15) is 5.84 Å². The molecule has 0 fully saturated rings. The summed E-state index contributed by atoms with van der Waals surface area (Å²) in [5, 5.41) is 3.86. The maximum Gasteiger partial charge on any atom is 0.338 e. The van der Waals surface area contributed by atoms with Gasteiger partial charge in [-0.1, -0.05) is 139 Å². The zero-order chi connectivity index (χ0) is 48.2. The van der Waals surface area contributed by atoms with Crippen LogP contribution in [0.25, 0.3) is 22.3 Å². The highest BCUT2D eigenvalue weighted by atomic mass is 16.5. The molecule has 1 N–H and O–H groups in total. The van der Waals surface area contributed by atoms with Crippen LogP contribution >= 0.6 is 0 Å². The summed E-state index contributed by atoms with van der Waals surface area (Å²) >= 11 is 0. The number of carbonyl (C=O) groups is 2. The molecule has 2 atom stereocenters. The van der Waals surface area contributed by atoms with Gasteiger partial charge in [0.25, 0.3) is 0 Å². The van der Waals surface area contributed by atoms with Crippen LogP contribution in [0, 0.1) is 23.7 Å². The molecule has 7 rings (SSSR count). The van der Waals surface area contributed by atoms with E-state index in [1.54, 1.807) is 24.3 Å². The number of benzene rings is 7. The van der Waals surface area contributed by atoms with E-state index in [9.17, 15) is 9.59 Å². The molecular weight excluding hydrogens is 849 g/mol. The molecule has 0 aliphatic rings. The third kappa shape index (κ3) is 13.8. The first-order valence-corrected chi connectivity index (χ1v) is 23.4. The number of nitrogens with one attached hydrogen (secondary N) is 1. The SMILES string of the molecule is C=CCCCOC(=O)c1ccc(C#Cc2ccc(-c3cccc(-c4ccc(C#Cc5ccc(C(=O)OCCCC=C)cc5)cc4)c3C(=N[C@@H](C)c3ccccc3)NC(C)c3ccccc3)cc2)cc1. The van der Waals surface area contributed by atoms with Gasteiger partial charge in [0.2, 0.25) is 0 Å². The summed E-state index contributed by atoms with van der Waals surface area (Å²) < 4.78 is 10.8. The molecule has 0 heterocycles. The summed E-state index contributed by atoms with van der Waals surface area (Å²) in [7, 11) is 0. The molecule has 0 aliphatic heterocycles. The van der Waals surface area contributed by atoms with Crippen molar-refractivity contribution >= 4 is 17.8 Å². The Labute approximate surface area is 407 Å². The van der Waals surface area contributed by atoms with E-state index in [4.69, 9.17) is 14.5 Å². The summed E-state index contributed by atoms with van der Waals surface area (Å²) in [6.45, 7) is 12.4. The molecule has 0 aromatic heterocycles. The quantitative estimate of drug-likeness (QED) is 0.0246. The zero-order valence-corrected chi connectivity index (χ0v) is 39.3. The van der Waals surface area contributed by atoms with Gasteiger partial charge in [0.05, 0.1) is 30.4 Å². The third-order valence-electron chi connectivity index (χ3n) is 11.5. The monoisotopic (exact) mass is 904 g/mol. The molecule has 0 spiro atoms. The molecule has 1 unspecified atom stereocenters. The minimum atomic E-state index is -0.344. The number of esters is 2. The van der Waals surface area contributed by atoms with Crippen molar-refractivity contribution in [2.45, 2.75) is 51.6 Å². The minimum Gasteiger partial charge on any atom is -0.462 e. The minimum absolute atomic E-state index is 0.0618. The van der Waals surface area contributed by atoms with E-state index in [-0.39, 0.29) is 24.0 Å². The molecule has 342 valence electrons. The lowest BCUT2D eigenvalue weighted by molar-refractivity contribution is 0.0492. The van der Waals surface area contributed by atoms with Gasteiger partial charge in [-0.3, -0.25) is 4.99 Å². The number of nitrogens with zero attached hydrogens (tertiary/aromatic N) is 1. The molecule has 7 aromatic rings. The van der Waals surface area contributed by atoms with Crippen LogP contribution in [0.1, 0.15) is 111 Å². The van der Waals surface area contributed by atoms with Crippen LogP contribution in [-0.4, -0.2) is 31.0 Å². The van der Waals surface area contributed by atoms with E-state index in [0.717, 1.165) is 92.7 Å². The third-order valence-corrected chi connectivity index (χ3v) is 11.5. The van der Waals surface area contributed by atoms with E-state index in [1.807, 2.05) is 84.9 Å². The maximum absolute atomic E-state index is 12.5. The zero-order valence-electron chi connectivity index (χ0n) is 39.3. The Kier molecular flexibility index (Phi) is 17.5. The van der Waals surface area contributed by atoms with Crippen LogP contribution in [0.2, 0.25) is 0 Å². The lowest BCUT2D eigenvalue weighted by Gasteiger charge is -2.24. The van der Waals surface area contributed by atoms with Crippen LogP contribution in [0.3, 0.4) is 0 Å². The Balaban J connectivity index is 1.21. The predicted molar refractivity (Wildman–Crippen MR) is 281 cm³/mol. The second-order valence-electron chi connectivity index (χ2n) is 16.5. The highest BCUT2D eigenvalue weighted by Gasteiger charge is 2.21. The molecule has 0 amide bonds. The van der Waals surface area contributed by atoms with Crippen LogP contribution in [0.5, 0.6) is 0 Å². The number of ether oxygens (including phenoxy) is 2. The number of hydrogen-bond acceptors (Lipinski definition) is 5. The highest BCUT2D eigenvalue weighted by molar-refractivity contribution is 6.10. The van der Waals surface area contributed by atoms with Gasteiger partial charge >= 0.3 is 11.9 Å². The van der Waals surface area contributed by atoms with Crippen LogP contribution in [0.15, 0.2) is 206 Å². The molecule has 7 aromatic carbocycles. The lowest BCUT2D eigenvalue weighted by Crippen LogP contribution is -2.29. The molecule has 6 heteroatoms. The summed E-state index contributed by atoms with van der Waals surface area (Å²) in [5.74, 6) is 13.2. The van der Waals surface area contributed by atoms with Gasteiger partial charge in [-0.15, -0.1) is 13.2 Å². The van der Waals surface area contributed by atoms with E-state index in [0.29, 0.717) is 24.3 Å². The lowest BCUT2D eigenvalue weighted by atomic mass is 9.89. The average molecular weight is 905 g/mol. The van der Waals surface area contributed by atoms with Gasteiger partial charge < -0.3 is 14.8 Å². The molecule has 69 heavy (non-hydrogen) atoms. The first-order chi connectivity index (χ1) is 33.8. The molecular formula is C63H56N2O4. The number of aliphatic imine (C=N–C) groups is 1. The molecule has 0 saturated heterocycles. The molecule has 0 saturated carbocycles. The first kappa shape index (κ1) is 48.5. The Bertz CT molecular complexity index is 2840. The second-order valence-corrected chi connectivity index (χ2v) is 16.5. The van der Waals surface area contributed by atoms with E-state index < -0.39 is 0 Å².